The molecule has 0 aliphatic carbocycles. The summed E-state index contributed by atoms with van der Waals surface area (Å²) in [5.74, 6) is -0.929. The molecule has 0 aromatic heterocycles. The molecule has 0 aliphatic heterocycles. The van der Waals surface area contributed by atoms with Crippen LogP contribution in [0.5, 0.6) is 5.75 Å². The molecule has 0 saturated heterocycles. The van der Waals surface area contributed by atoms with Crippen LogP contribution in [0.25, 0.3) is 0 Å². The molecule has 19 heavy (non-hydrogen) atoms. The van der Waals surface area contributed by atoms with E-state index >= 15 is 0 Å². The summed E-state index contributed by atoms with van der Waals surface area (Å²) in [5.41, 5.74) is -0.166. The predicted octanol–water partition coefficient (Wildman–Crippen LogP) is 2.03. The van der Waals surface area contributed by atoms with Gasteiger partial charge in [0.1, 0.15) is 0 Å². The molecule has 0 aliphatic rings. The second kappa shape index (κ2) is 5.79. The fourth-order valence-electron chi connectivity index (χ4n) is 1.54. The Kier molecular flexibility index (Phi) is 4.81. The third kappa shape index (κ3) is 3.19. The average molecular weight is 297 g/mol. The van der Waals surface area contributed by atoms with Gasteiger partial charge in [-0.1, -0.05) is 0 Å². The van der Waals surface area contributed by atoms with E-state index in [0.717, 1.165) is 19.2 Å². The lowest BCUT2D eigenvalue weighted by atomic mass is 10.2. The largest absolute Gasteiger partial charge is 0.494 e. The van der Waals surface area contributed by atoms with E-state index in [9.17, 15) is 21.6 Å². The molecule has 0 N–H and O–H groups in total. The van der Waals surface area contributed by atoms with Gasteiger partial charge >= 0.3 is 0 Å². The monoisotopic (exact) mass is 297 g/mol. The lowest BCUT2D eigenvalue weighted by Crippen LogP contribution is -2.32. The van der Waals surface area contributed by atoms with E-state index in [-0.39, 0.29) is 16.2 Å². The van der Waals surface area contributed by atoms with Crippen molar-refractivity contribution in [1.82, 2.24) is 4.31 Å². The van der Waals surface area contributed by atoms with E-state index < -0.39 is 28.8 Å². The maximum Gasteiger partial charge on any atom is 0.252 e. The average Bonchev–Trinajstić information content (AvgIpc) is 2.31. The predicted molar refractivity (Wildman–Crippen MR) is 63.5 cm³/mol. The van der Waals surface area contributed by atoms with Crippen LogP contribution in [0.2, 0.25) is 0 Å². The number of alkyl halides is 2. The zero-order chi connectivity index (χ0) is 14.8. The highest BCUT2D eigenvalue weighted by atomic mass is 32.2. The van der Waals surface area contributed by atoms with Crippen molar-refractivity contribution in [2.75, 3.05) is 20.7 Å². The minimum Gasteiger partial charge on any atom is -0.494 e. The third-order valence-corrected chi connectivity index (χ3v) is 4.57. The molecule has 0 bridgehead atoms. The summed E-state index contributed by atoms with van der Waals surface area (Å²) in [4.78, 5) is -0.353. The fraction of sp³-hybridized carbons (Fsp3) is 0.455. The lowest BCUT2D eigenvalue weighted by molar-refractivity contribution is 0.126. The fourth-order valence-corrected chi connectivity index (χ4v) is 2.90. The number of halogens is 3. The number of rotatable bonds is 5. The van der Waals surface area contributed by atoms with E-state index in [4.69, 9.17) is 4.74 Å². The maximum atomic E-state index is 13.8. The van der Waals surface area contributed by atoms with Crippen LogP contribution in [0.3, 0.4) is 0 Å². The number of nitrogens with zero attached hydrogens (tertiary/aromatic N) is 1. The first-order valence-corrected chi connectivity index (χ1v) is 6.73. The zero-order valence-electron chi connectivity index (χ0n) is 10.7. The SMILES string of the molecule is COc1ccc(S(=O)(=O)N(C)CC(F)F)c(C)c1F. The standard InChI is InChI=1S/C11H14F3NO3S/c1-7-9(5-4-8(18-3)11(7)14)19(16,17)15(2)6-10(12)13/h4-5,10H,6H2,1-3H3. The zero-order valence-corrected chi connectivity index (χ0v) is 11.5. The van der Waals surface area contributed by atoms with Gasteiger partial charge in [-0.3, -0.25) is 0 Å². The molecule has 0 fully saturated rings. The van der Waals surface area contributed by atoms with Gasteiger partial charge < -0.3 is 4.74 Å². The molecule has 8 heteroatoms. The molecule has 0 spiro atoms. The quantitative estimate of drug-likeness (QED) is 0.835. The van der Waals surface area contributed by atoms with Crippen LogP contribution in [0, 0.1) is 12.7 Å². The van der Waals surface area contributed by atoms with E-state index in [1.807, 2.05) is 0 Å². The van der Waals surface area contributed by atoms with Gasteiger partial charge in [0.25, 0.3) is 6.43 Å². The summed E-state index contributed by atoms with van der Waals surface area (Å²) in [6.07, 6.45) is -2.80. The Hall–Kier alpha value is -1.28. The second-order valence-corrected chi connectivity index (χ2v) is 5.89. The van der Waals surface area contributed by atoms with Crippen LogP contribution in [-0.4, -0.2) is 39.9 Å². The van der Waals surface area contributed by atoms with E-state index in [2.05, 4.69) is 0 Å². The Morgan fingerprint density at radius 3 is 2.42 bits per heavy atom. The third-order valence-electron chi connectivity index (χ3n) is 2.60. The molecule has 108 valence electrons. The van der Waals surface area contributed by atoms with Crippen molar-refractivity contribution in [3.8, 4) is 5.75 Å². The van der Waals surface area contributed by atoms with Gasteiger partial charge in [0.15, 0.2) is 11.6 Å². The number of sulfonamides is 1. The van der Waals surface area contributed by atoms with Crippen LogP contribution in [0.1, 0.15) is 5.56 Å². The van der Waals surface area contributed by atoms with Crippen LogP contribution < -0.4 is 4.74 Å². The highest BCUT2D eigenvalue weighted by molar-refractivity contribution is 7.89. The summed E-state index contributed by atoms with van der Waals surface area (Å²) < 4.78 is 67.5. The minimum atomic E-state index is -4.15. The summed E-state index contributed by atoms with van der Waals surface area (Å²) in [5, 5.41) is 0. The van der Waals surface area contributed by atoms with Crippen LogP contribution in [-0.2, 0) is 10.0 Å². The highest BCUT2D eigenvalue weighted by Gasteiger charge is 2.27. The first-order chi connectivity index (χ1) is 8.71. The smallest absolute Gasteiger partial charge is 0.252 e. The molecule has 0 unspecified atom stereocenters. The normalized spacial score (nSPS) is 12.2. The van der Waals surface area contributed by atoms with Crippen molar-refractivity contribution in [3.05, 3.63) is 23.5 Å². The van der Waals surface area contributed by atoms with Gasteiger partial charge in [-0.25, -0.2) is 21.6 Å². The first kappa shape index (κ1) is 15.8. The number of hydrogen-bond acceptors (Lipinski definition) is 3. The van der Waals surface area contributed by atoms with Crippen molar-refractivity contribution in [3.63, 3.8) is 0 Å². The van der Waals surface area contributed by atoms with Crippen LogP contribution >= 0.6 is 0 Å². The molecule has 0 atom stereocenters. The van der Waals surface area contributed by atoms with Crippen molar-refractivity contribution in [1.29, 1.82) is 0 Å². The second-order valence-electron chi connectivity index (χ2n) is 3.88. The molecule has 1 aromatic rings. The summed E-state index contributed by atoms with van der Waals surface area (Å²) in [6.45, 7) is 0.302. The van der Waals surface area contributed by atoms with Crippen molar-refractivity contribution >= 4 is 10.0 Å². The van der Waals surface area contributed by atoms with Gasteiger partial charge in [0, 0.05) is 12.6 Å². The number of methoxy groups -OCH3 is 1. The van der Waals surface area contributed by atoms with E-state index in [0.29, 0.717) is 4.31 Å². The Morgan fingerprint density at radius 1 is 1.37 bits per heavy atom. The lowest BCUT2D eigenvalue weighted by Gasteiger charge is -2.18. The topological polar surface area (TPSA) is 46.6 Å². The summed E-state index contributed by atoms with van der Waals surface area (Å²) in [6, 6.07) is 2.28. The van der Waals surface area contributed by atoms with Crippen molar-refractivity contribution < 1.29 is 26.3 Å². The minimum absolute atomic E-state index is 0.104. The molecule has 1 rings (SSSR count). The molecule has 0 saturated carbocycles. The number of hydrogen-bond donors (Lipinski definition) is 0. The van der Waals surface area contributed by atoms with E-state index in [1.54, 1.807) is 0 Å². The number of ether oxygens (including phenoxy) is 1. The molecule has 4 nitrogen and oxygen atoms in total. The Balaban J connectivity index is 3.26. The van der Waals surface area contributed by atoms with Gasteiger partial charge in [-0.2, -0.15) is 4.31 Å². The first-order valence-electron chi connectivity index (χ1n) is 5.29. The van der Waals surface area contributed by atoms with Crippen LogP contribution in [0.15, 0.2) is 17.0 Å². The maximum absolute atomic E-state index is 13.8. The van der Waals surface area contributed by atoms with Crippen molar-refractivity contribution in [2.45, 2.75) is 18.2 Å². The van der Waals surface area contributed by atoms with Gasteiger partial charge in [-0.05, 0) is 19.1 Å². The van der Waals surface area contributed by atoms with Gasteiger partial charge in [0.2, 0.25) is 10.0 Å². The number of benzene rings is 1. The Morgan fingerprint density at radius 2 is 1.95 bits per heavy atom. The molecular formula is C11H14F3NO3S. The van der Waals surface area contributed by atoms with Gasteiger partial charge in [-0.15, -0.1) is 0 Å². The van der Waals surface area contributed by atoms with E-state index in [1.165, 1.54) is 14.0 Å². The van der Waals surface area contributed by atoms with Crippen molar-refractivity contribution in [2.24, 2.45) is 0 Å². The Labute approximate surface area is 109 Å². The van der Waals surface area contributed by atoms with Gasteiger partial charge in [0.05, 0.1) is 18.6 Å². The molecule has 0 amide bonds. The molecular weight excluding hydrogens is 283 g/mol. The Bertz CT molecular complexity index is 561. The highest BCUT2D eigenvalue weighted by Crippen LogP contribution is 2.27. The summed E-state index contributed by atoms with van der Waals surface area (Å²) in [7, 11) is -1.89. The molecule has 0 radical (unpaired) electrons. The molecule has 0 heterocycles. The molecule has 1 aromatic carbocycles. The summed E-state index contributed by atoms with van der Waals surface area (Å²) >= 11 is 0. The van der Waals surface area contributed by atoms with Crippen LogP contribution in [0.4, 0.5) is 13.2 Å².